The van der Waals surface area contributed by atoms with E-state index >= 15 is 0 Å². The van der Waals surface area contributed by atoms with Crippen LogP contribution in [0.25, 0.3) is 0 Å². The number of aliphatic carboxylic acids is 1. The molecule has 2 N–H and O–H groups in total. The molecule has 4 nitrogen and oxygen atoms in total. The zero-order chi connectivity index (χ0) is 11.3. The average Bonchev–Trinajstić information content (AvgIpc) is 2.15. The number of carboxylic acids is 1. The van der Waals surface area contributed by atoms with Crippen LogP contribution in [0.15, 0.2) is 24.3 Å². The summed E-state index contributed by atoms with van der Waals surface area (Å²) in [5, 5.41) is 11.7. The minimum atomic E-state index is -0.977. The Labute approximate surface area is 88.9 Å². The normalized spacial score (nSPS) is 10.1. The number of ether oxygens (including phenoxy) is 1. The molecule has 0 heterocycles. The van der Waals surface area contributed by atoms with Gasteiger partial charge in [0.25, 0.3) is 0 Å². The molecular formula is C11H15NO3. The zero-order valence-electron chi connectivity index (χ0n) is 8.86. The lowest BCUT2D eigenvalue weighted by atomic mass is 10.2. The third-order valence-electron chi connectivity index (χ3n) is 1.68. The Bertz CT molecular complexity index is 336. The van der Waals surface area contributed by atoms with Gasteiger partial charge in [-0.05, 0) is 26.0 Å². The first-order valence-corrected chi connectivity index (χ1v) is 4.79. The van der Waals surface area contributed by atoms with Crippen LogP contribution in [0.3, 0.4) is 0 Å². The summed E-state index contributed by atoms with van der Waals surface area (Å²) in [6.45, 7) is 3.69. The molecule has 0 spiro atoms. The second kappa shape index (κ2) is 5.24. The van der Waals surface area contributed by atoms with Crippen LogP contribution in [0, 0.1) is 0 Å². The molecule has 15 heavy (non-hydrogen) atoms. The molecule has 0 aromatic heterocycles. The van der Waals surface area contributed by atoms with Gasteiger partial charge in [-0.2, -0.15) is 0 Å². The molecule has 0 saturated carbocycles. The predicted molar refractivity (Wildman–Crippen MR) is 58.3 cm³/mol. The topological polar surface area (TPSA) is 58.6 Å². The molecule has 0 aliphatic carbocycles. The van der Waals surface area contributed by atoms with Gasteiger partial charge in [0.15, 0.2) is 6.61 Å². The highest BCUT2D eigenvalue weighted by Gasteiger charge is 2.05. The maximum absolute atomic E-state index is 10.4. The minimum Gasteiger partial charge on any atom is -0.480 e. The third kappa shape index (κ3) is 3.89. The number of hydrogen-bond acceptors (Lipinski definition) is 3. The van der Waals surface area contributed by atoms with Crippen LogP contribution in [-0.4, -0.2) is 23.7 Å². The van der Waals surface area contributed by atoms with Crippen molar-refractivity contribution in [3.63, 3.8) is 0 Å². The average molecular weight is 209 g/mol. The largest absolute Gasteiger partial charge is 0.480 e. The van der Waals surface area contributed by atoms with E-state index in [1.807, 2.05) is 32.0 Å². The van der Waals surface area contributed by atoms with E-state index in [2.05, 4.69) is 5.32 Å². The number of rotatable bonds is 5. The van der Waals surface area contributed by atoms with E-state index in [0.717, 1.165) is 5.69 Å². The van der Waals surface area contributed by atoms with Crippen molar-refractivity contribution in [2.75, 3.05) is 11.9 Å². The summed E-state index contributed by atoms with van der Waals surface area (Å²) in [5.41, 5.74) is 0.814. The summed E-state index contributed by atoms with van der Waals surface area (Å²) in [4.78, 5) is 10.4. The minimum absolute atomic E-state index is 0.277. The van der Waals surface area contributed by atoms with Crippen molar-refractivity contribution in [2.24, 2.45) is 0 Å². The molecule has 0 unspecified atom stereocenters. The molecule has 0 amide bonds. The Morgan fingerprint density at radius 2 is 2.13 bits per heavy atom. The van der Waals surface area contributed by atoms with Gasteiger partial charge >= 0.3 is 5.97 Å². The van der Waals surface area contributed by atoms with Gasteiger partial charge in [-0.3, -0.25) is 0 Å². The van der Waals surface area contributed by atoms with Crippen LogP contribution in [-0.2, 0) is 4.79 Å². The number of anilines is 1. The van der Waals surface area contributed by atoms with Crippen LogP contribution in [0.5, 0.6) is 5.75 Å². The van der Waals surface area contributed by atoms with Gasteiger partial charge in [-0.25, -0.2) is 4.79 Å². The predicted octanol–water partition coefficient (Wildman–Crippen LogP) is 1.97. The van der Waals surface area contributed by atoms with Crippen LogP contribution in [0.4, 0.5) is 5.69 Å². The number of hydrogen-bond donors (Lipinski definition) is 2. The van der Waals surface area contributed by atoms with Crippen LogP contribution in [0.2, 0.25) is 0 Å². The Kier molecular flexibility index (Phi) is 3.97. The fourth-order valence-electron chi connectivity index (χ4n) is 1.16. The Balaban J connectivity index is 2.72. The van der Waals surface area contributed by atoms with Crippen molar-refractivity contribution in [3.8, 4) is 5.75 Å². The fraction of sp³-hybridized carbons (Fsp3) is 0.364. The number of para-hydroxylation sites is 2. The molecule has 0 fully saturated rings. The highest BCUT2D eigenvalue weighted by atomic mass is 16.5. The van der Waals surface area contributed by atoms with Crippen molar-refractivity contribution in [2.45, 2.75) is 19.9 Å². The number of benzene rings is 1. The Morgan fingerprint density at radius 3 is 2.73 bits per heavy atom. The lowest BCUT2D eigenvalue weighted by molar-refractivity contribution is -0.139. The van der Waals surface area contributed by atoms with Gasteiger partial charge in [0.1, 0.15) is 5.75 Å². The molecule has 0 aliphatic heterocycles. The Hall–Kier alpha value is -1.71. The molecule has 1 aromatic rings. The smallest absolute Gasteiger partial charge is 0.341 e. The highest BCUT2D eigenvalue weighted by molar-refractivity contribution is 5.69. The van der Waals surface area contributed by atoms with Crippen molar-refractivity contribution in [1.82, 2.24) is 0 Å². The molecule has 4 heteroatoms. The highest BCUT2D eigenvalue weighted by Crippen LogP contribution is 2.24. The molecule has 1 aromatic carbocycles. The number of carbonyl (C=O) groups is 1. The monoisotopic (exact) mass is 209 g/mol. The van der Waals surface area contributed by atoms with E-state index in [1.54, 1.807) is 6.07 Å². The first-order chi connectivity index (χ1) is 7.09. The van der Waals surface area contributed by atoms with Gasteiger partial charge in [0.05, 0.1) is 5.69 Å². The van der Waals surface area contributed by atoms with Gasteiger partial charge in [0.2, 0.25) is 0 Å². The summed E-state index contributed by atoms with van der Waals surface area (Å²) in [6.07, 6.45) is 0. The molecule has 1 rings (SSSR count). The Morgan fingerprint density at radius 1 is 1.47 bits per heavy atom. The first kappa shape index (κ1) is 11.4. The molecule has 0 aliphatic rings. The van der Waals surface area contributed by atoms with Gasteiger partial charge in [-0.15, -0.1) is 0 Å². The zero-order valence-corrected chi connectivity index (χ0v) is 8.86. The van der Waals surface area contributed by atoms with Crippen LogP contribution < -0.4 is 10.1 Å². The summed E-state index contributed by atoms with van der Waals surface area (Å²) >= 11 is 0. The first-order valence-electron chi connectivity index (χ1n) is 4.79. The van der Waals surface area contributed by atoms with Crippen molar-refractivity contribution in [3.05, 3.63) is 24.3 Å². The molecular weight excluding hydrogens is 194 g/mol. The molecule has 0 saturated heterocycles. The van der Waals surface area contributed by atoms with Crippen molar-refractivity contribution < 1.29 is 14.6 Å². The maximum Gasteiger partial charge on any atom is 0.341 e. The van der Waals surface area contributed by atoms with Crippen molar-refractivity contribution >= 4 is 11.7 Å². The number of nitrogens with one attached hydrogen (secondary N) is 1. The van der Waals surface area contributed by atoms with Crippen molar-refractivity contribution in [1.29, 1.82) is 0 Å². The summed E-state index contributed by atoms with van der Waals surface area (Å²) in [7, 11) is 0. The quantitative estimate of drug-likeness (QED) is 0.778. The number of carboxylic acid groups (broad SMARTS) is 1. The fourth-order valence-corrected chi connectivity index (χ4v) is 1.16. The van der Waals surface area contributed by atoms with Crippen LogP contribution >= 0.6 is 0 Å². The maximum atomic E-state index is 10.4. The summed E-state index contributed by atoms with van der Waals surface area (Å²) in [6, 6.07) is 7.56. The molecule has 0 bridgehead atoms. The molecule has 0 atom stereocenters. The molecule has 82 valence electrons. The van der Waals surface area contributed by atoms with Gasteiger partial charge in [0, 0.05) is 6.04 Å². The second-order valence-electron chi connectivity index (χ2n) is 3.48. The van der Waals surface area contributed by atoms with E-state index < -0.39 is 5.97 Å². The molecule has 0 radical (unpaired) electrons. The third-order valence-corrected chi connectivity index (χ3v) is 1.68. The lowest BCUT2D eigenvalue weighted by Crippen LogP contribution is -2.13. The van der Waals surface area contributed by atoms with E-state index in [1.165, 1.54) is 0 Å². The van der Waals surface area contributed by atoms with Gasteiger partial charge < -0.3 is 15.2 Å². The summed E-state index contributed by atoms with van der Waals surface area (Å²) in [5.74, 6) is -0.414. The lowest BCUT2D eigenvalue weighted by Gasteiger charge is -2.14. The van der Waals surface area contributed by atoms with E-state index in [0.29, 0.717) is 5.75 Å². The second-order valence-corrected chi connectivity index (χ2v) is 3.48. The van der Waals surface area contributed by atoms with E-state index in [-0.39, 0.29) is 12.6 Å². The van der Waals surface area contributed by atoms with E-state index in [9.17, 15) is 4.79 Å². The van der Waals surface area contributed by atoms with Crippen LogP contribution in [0.1, 0.15) is 13.8 Å². The standard InChI is InChI=1S/C11H15NO3/c1-8(2)12-9-5-3-4-6-10(9)15-7-11(13)14/h3-6,8,12H,7H2,1-2H3,(H,13,14). The summed E-state index contributed by atoms with van der Waals surface area (Å²) < 4.78 is 5.14. The van der Waals surface area contributed by atoms with Gasteiger partial charge in [-0.1, -0.05) is 12.1 Å². The SMILES string of the molecule is CC(C)Nc1ccccc1OCC(=O)O. The van der Waals surface area contributed by atoms with E-state index in [4.69, 9.17) is 9.84 Å².